The minimum Gasteiger partial charge on any atom is -0.480 e. The zero-order chi connectivity index (χ0) is 32.9. The molecule has 1 aromatic carbocycles. The zero-order valence-electron chi connectivity index (χ0n) is 25.3. The average Bonchev–Trinajstić information content (AvgIpc) is 3.40. The number of halogens is 1. The number of cyclic esters (lactones) is 1. The number of hydrogen-bond acceptors (Lipinski definition) is 10. The van der Waals surface area contributed by atoms with Gasteiger partial charge in [0.2, 0.25) is 5.91 Å². The second kappa shape index (κ2) is 12.2. The van der Waals surface area contributed by atoms with E-state index in [2.05, 4.69) is 10.6 Å². The number of carboxylic acid groups (broad SMARTS) is 1. The Morgan fingerprint density at radius 1 is 1.28 bits per heavy atom. The molecule has 0 bridgehead atoms. The molecule has 0 fully saturated rings. The monoisotopic (exact) mass is 652 g/mol. The van der Waals surface area contributed by atoms with E-state index >= 15 is 0 Å². The Morgan fingerprint density at radius 3 is 2.78 bits per heavy atom. The number of aliphatic carboxylic acids is 1. The molecule has 3 atom stereocenters. The van der Waals surface area contributed by atoms with Crippen molar-refractivity contribution in [3.05, 3.63) is 60.9 Å². The van der Waals surface area contributed by atoms with Crippen molar-refractivity contribution in [1.82, 2.24) is 20.2 Å². The summed E-state index contributed by atoms with van der Waals surface area (Å²) in [5.74, 6) is -2.36. The molecule has 1 aliphatic carbocycles. The van der Waals surface area contributed by atoms with Gasteiger partial charge in [0.05, 0.1) is 41.8 Å². The highest BCUT2D eigenvalue weighted by Gasteiger charge is 2.46. The minimum absolute atomic E-state index is 0.0185. The lowest BCUT2D eigenvalue weighted by atomic mass is 9.81. The Kier molecular flexibility index (Phi) is 8.44. The van der Waals surface area contributed by atoms with Crippen LogP contribution in [0.1, 0.15) is 72.0 Å². The van der Waals surface area contributed by atoms with E-state index in [9.17, 15) is 34.2 Å². The van der Waals surface area contributed by atoms with Crippen LogP contribution in [0.3, 0.4) is 0 Å². The fraction of sp³-hybridized carbons (Fsp3) is 0.438. The van der Waals surface area contributed by atoms with Crippen LogP contribution in [0.15, 0.2) is 16.9 Å². The number of aliphatic hydroxyl groups is 1. The molecule has 3 aromatic rings. The lowest BCUT2D eigenvalue weighted by Crippen LogP contribution is -2.44. The van der Waals surface area contributed by atoms with Crippen LogP contribution >= 0.6 is 11.6 Å². The molecule has 0 spiro atoms. The van der Waals surface area contributed by atoms with Crippen molar-refractivity contribution in [3.8, 4) is 11.4 Å². The number of carbonyl (C=O) groups excluding carboxylic acids is 3. The number of nitrogens with one attached hydrogen (secondary N) is 2. The molecule has 3 aliphatic rings. The number of aromatic nitrogens is 2. The summed E-state index contributed by atoms with van der Waals surface area (Å²) in [7, 11) is 0. The topological polar surface area (TPSA) is 186 Å². The Bertz CT molecular complexity index is 1870. The lowest BCUT2D eigenvalue weighted by Gasteiger charge is -2.31. The molecule has 242 valence electrons. The van der Waals surface area contributed by atoms with E-state index in [4.69, 9.17) is 26.1 Å². The zero-order valence-corrected chi connectivity index (χ0v) is 26.0. The van der Waals surface area contributed by atoms with Gasteiger partial charge in [0.25, 0.3) is 5.56 Å². The van der Waals surface area contributed by atoms with E-state index in [1.165, 1.54) is 0 Å². The predicted molar refractivity (Wildman–Crippen MR) is 164 cm³/mol. The van der Waals surface area contributed by atoms with E-state index in [0.717, 1.165) is 27.6 Å². The molecule has 0 saturated carbocycles. The summed E-state index contributed by atoms with van der Waals surface area (Å²) in [5, 5.41) is 27.7. The molecule has 1 amide bonds. The predicted octanol–water partition coefficient (Wildman–Crippen LogP) is 2.14. The summed E-state index contributed by atoms with van der Waals surface area (Å²) < 4.78 is 12.2. The number of esters is 1. The van der Waals surface area contributed by atoms with Gasteiger partial charge in [0, 0.05) is 28.0 Å². The highest BCUT2D eigenvalue weighted by Crippen LogP contribution is 2.46. The fourth-order valence-electron chi connectivity index (χ4n) is 6.79. The van der Waals surface area contributed by atoms with Crippen LogP contribution < -0.4 is 16.2 Å². The molecule has 0 saturated heterocycles. The number of nitrogens with zero attached hydrogens (tertiary/aromatic N) is 2. The van der Waals surface area contributed by atoms with Gasteiger partial charge in [-0.3, -0.25) is 19.7 Å². The van der Waals surface area contributed by atoms with Crippen molar-refractivity contribution in [1.29, 1.82) is 0 Å². The number of amides is 1. The summed E-state index contributed by atoms with van der Waals surface area (Å²) in [6.07, 6.45) is 1.98. The molecular weight excluding hydrogens is 620 g/mol. The Morgan fingerprint density at radius 2 is 2.07 bits per heavy atom. The normalized spacial score (nSPS) is 20.0. The third-order valence-corrected chi connectivity index (χ3v) is 9.64. The van der Waals surface area contributed by atoms with Gasteiger partial charge >= 0.3 is 11.9 Å². The highest BCUT2D eigenvalue weighted by molar-refractivity contribution is 6.32. The molecule has 6 rings (SSSR count). The van der Waals surface area contributed by atoms with Gasteiger partial charge in [-0.25, -0.2) is 9.78 Å². The van der Waals surface area contributed by atoms with E-state index in [-0.39, 0.29) is 62.4 Å². The second-order valence-corrected chi connectivity index (χ2v) is 12.2. The molecular formula is C32H33ClN4O9. The van der Waals surface area contributed by atoms with Gasteiger partial charge in [0.15, 0.2) is 5.60 Å². The van der Waals surface area contributed by atoms with Crippen molar-refractivity contribution in [3.63, 3.8) is 0 Å². The number of carbonyl (C=O) groups is 4. The van der Waals surface area contributed by atoms with Gasteiger partial charge in [-0.05, 0) is 61.4 Å². The SMILES string of the molecule is CC[C@@]1(O)C(=O)OCc2c1cc1n(c2=O)Cc2c-1nc1cc(Cl)c(C)c3c1c2[C@@H](NC(=O)COCNC(CCC=O)C(=O)O)CC3. The Hall–Kier alpha value is -4.17. The van der Waals surface area contributed by atoms with Crippen molar-refractivity contribution >= 4 is 46.6 Å². The number of hydrogen-bond donors (Lipinski definition) is 4. The number of pyridine rings is 2. The van der Waals surface area contributed by atoms with E-state index in [0.29, 0.717) is 41.1 Å². The van der Waals surface area contributed by atoms with Crippen LogP contribution in [0.2, 0.25) is 5.02 Å². The first-order chi connectivity index (χ1) is 22.0. The molecule has 2 aromatic heterocycles. The largest absolute Gasteiger partial charge is 0.480 e. The summed E-state index contributed by atoms with van der Waals surface area (Å²) in [5.41, 5.74) is 3.09. The number of benzene rings is 1. The van der Waals surface area contributed by atoms with E-state index in [1.807, 2.05) is 6.92 Å². The van der Waals surface area contributed by atoms with Crippen LogP contribution in [0.5, 0.6) is 0 Å². The Labute approximate surface area is 267 Å². The van der Waals surface area contributed by atoms with Crippen LogP contribution in [0, 0.1) is 6.92 Å². The van der Waals surface area contributed by atoms with Gasteiger partial charge < -0.3 is 34.4 Å². The van der Waals surface area contributed by atoms with Crippen LogP contribution in [-0.2, 0) is 53.8 Å². The molecule has 0 radical (unpaired) electrons. The third-order valence-electron chi connectivity index (χ3n) is 9.25. The molecule has 2 aliphatic heterocycles. The van der Waals surface area contributed by atoms with Crippen LogP contribution in [0.25, 0.3) is 22.3 Å². The third kappa shape index (κ3) is 5.16. The second-order valence-electron chi connectivity index (χ2n) is 11.8. The maximum Gasteiger partial charge on any atom is 0.343 e. The summed E-state index contributed by atoms with van der Waals surface area (Å²) >= 11 is 6.63. The van der Waals surface area contributed by atoms with Crippen molar-refractivity contribution in [2.24, 2.45) is 0 Å². The van der Waals surface area contributed by atoms with Crippen LogP contribution in [0.4, 0.5) is 0 Å². The number of rotatable bonds is 11. The number of aryl methyl sites for hydroxylation is 1. The maximum atomic E-state index is 13.8. The first-order valence-electron chi connectivity index (χ1n) is 15.1. The molecule has 14 heteroatoms. The fourth-order valence-corrected chi connectivity index (χ4v) is 7.00. The van der Waals surface area contributed by atoms with Crippen molar-refractivity contribution in [2.75, 3.05) is 13.3 Å². The number of fused-ring (bicyclic) bond motifs is 5. The van der Waals surface area contributed by atoms with Crippen LogP contribution in [-0.4, -0.2) is 63.3 Å². The summed E-state index contributed by atoms with van der Waals surface area (Å²) in [6.45, 7) is 2.94. The van der Waals surface area contributed by atoms with Gasteiger partial charge in [-0.2, -0.15) is 0 Å². The summed E-state index contributed by atoms with van der Waals surface area (Å²) in [6, 6.07) is 1.96. The number of aldehydes is 1. The minimum atomic E-state index is -1.96. The lowest BCUT2D eigenvalue weighted by molar-refractivity contribution is -0.172. The maximum absolute atomic E-state index is 13.8. The Balaban J connectivity index is 1.35. The van der Waals surface area contributed by atoms with E-state index in [1.54, 1.807) is 23.6 Å². The standard InChI is InChI=1S/C32H33ClN4O9/c1-3-32(44)19-9-24-28-17(11-37(24)29(40)18(19)12-46-31(32)43)27-21(7-6-16-15(2)20(33)10-23(36-28)26(16)27)35-25(39)13-45-14-34-22(30(41)42)5-4-8-38/h8-10,21-22,34,44H,3-7,11-14H2,1-2H3,(H,35,39)(H,41,42)/t21-,22?,32-/m0/s1. The highest BCUT2D eigenvalue weighted by atomic mass is 35.5. The summed E-state index contributed by atoms with van der Waals surface area (Å²) in [4.78, 5) is 66.4. The van der Waals surface area contributed by atoms with Crippen molar-refractivity contribution in [2.45, 2.75) is 76.8 Å². The first-order valence-corrected chi connectivity index (χ1v) is 15.5. The molecule has 1 unspecified atom stereocenters. The molecule has 46 heavy (non-hydrogen) atoms. The van der Waals surface area contributed by atoms with E-state index < -0.39 is 35.5 Å². The number of carboxylic acids is 1. The van der Waals surface area contributed by atoms with Gasteiger partial charge in [0.1, 0.15) is 25.5 Å². The molecule has 13 nitrogen and oxygen atoms in total. The van der Waals surface area contributed by atoms with Gasteiger partial charge in [-0.15, -0.1) is 0 Å². The number of ether oxygens (including phenoxy) is 2. The quantitative estimate of drug-likeness (QED) is 0.0805. The smallest absolute Gasteiger partial charge is 0.343 e. The average molecular weight is 653 g/mol. The van der Waals surface area contributed by atoms with Gasteiger partial charge in [-0.1, -0.05) is 18.5 Å². The van der Waals surface area contributed by atoms with Crippen molar-refractivity contribution < 1.29 is 38.9 Å². The molecule has 4 N–H and O–H groups in total. The molecule has 4 heterocycles. The first kappa shape index (κ1) is 31.8.